The molecule has 0 aliphatic heterocycles. The van der Waals surface area contributed by atoms with E-state index >= 15 is 0 Å². The van der Waals surface area contributed by atoms with Gasteiger partial charge in [0.2, 0.25) is 0 Å². The summed E-state index contributed by atoms with van der Waals surface area (Å²) < 4.78 is 25.4. The monoisotopic (exact) mass is 202 g/mol. The number of nitrogens with one attached hydrogen (secondary N) is 1. The Labute approximate surface area is 80.5 Å². The molecule has 14 heavy (non-hydrogen) atoms. The first-order valence-corrected chi connectivity index (χ1v) is 4.15. The molecule has 4 N–H and O–H groups in total. The SMILES string of the molecule is CC(O)C(NN)c1ccc(F)c(F)c1. The number of nitrogens with two attached hydrogens (primary N) is 1. The summed E-state index contributed by atoms with van der Waals surface area (Å²) in [4.78, 5) is 0. The fraction of sp³-hybridized carbons (Fsp3) is 0.333. The topological polar surface area (TPSA) is 58.3 Å². The van der Waals surface area contributed by atoms with Crippen LogP contribution in [-0.4, -0.2) is 11.2 Å². The second-order valence-corrected chi connectivity index (χ2v) is 3.06. The first-order valence-electron chi connectivity index (χ1n) is 4.15. The van der Waals surface area contributed by atoms with Gasteiger partial charge < -0.3 is 5.11 Å². The fourth-order valence-corrected chi connectivity index (χ4v) is 1.22. The third kappa shape index (κ3) is 2.25. The number of rotatable bonds is 3. The van der Waals surface area contributed by atoms with Crippen molar-refractivity contribution in [2.24, 2.45) is 5.84 Å². The van der Waals surface area contributed by atoms with E-state index in [2.05, 4.69) is 5.43 Å². The number of aliphatic hydroxyl groups excluding tert-OH is 1. The largest absolute Gasteiger partial charge is 0.391 e. The minimum Gasteiger partial charge on any atom is -0.391 e. The van der Waals surface area contributed by atoms with E-state index in [0.29, 0.717) is 5.56 Å². The molecule has 1 aromatic carbocycles. The van der Waals surface area contributed by atoms with Gasteiger partial charge in [-0.25, -0.2) is 8.78 Å². The predicted molar refractivity (Wildman–Crippen MR) is 48.1 cm³/mol. The Morgan fingerprint density at radius 1 is 1.36 bits per heavy atom. The lowest BCUT2D eigenvalue weighted by molar-refractivity contribution is 0.146. The molecule has 0 aliphatic carbocycles. The molecule has 0 bridgehead atoms. The smallest absolute Gasteiger partial charge is 0.159 e. The average Bonchev–Trinajstić information content (AvgIpc) is 2.11. The van der Waals surface area contributed by atoms with E-state index < -0.39 is 23.8 Å². The van der Waals surface area contributed by atoms with E-state index in [1.54, 1.807) is 0 Å². The van der Waals surface area contributed by atoms with E-state index in [1.165, 1.54) is 13.0 Å². The van der Waals surface area contributed by atoms with Crippen LogP contribution in [0.1, 0.15) is 18.5 Å². The Morgan fingerprint density at radius 2 is 2.00 bits per heavy atom. The molecule has 1 rings (SSSR count). The van der Waals surface area contributed by atoms with E-state index in [0.717, 1.165) is 12.1 Å². The van der Waals surface area contributed by atoms with Crippen LogP contribution < -0.4 is 11.3 Å². The molecule has 1 aromatic rings. The molecule has 2 atom stereocenters. The summed E-state index contributed by atoms with van der Waals surface area (Å²) in [5, 5.41) is 9.27. The van der Waals surface area contributed by atoms with Gasteiger partial charge in [0.25, 0.3) is 0 Å². The summed E-state index contributed by atoms with van der Waals surface area (Å²) in [5.74, 6) is 3.29. The van der Waals surface area contributed by atoms with Crippen LogP contribution in [0, 0.1) is 11.6 Å². The van der Waals surface area contributed by atoms with E-state index in [9.17, 15) is 13.9 Å². The molecule has 0 aliphatic rings. The highest BCUT2D eigenvalue weighted by Gasteiger charge is 2.16. The number of hydrogen-bond donors (Lipinski definition) is 3. The lowest BCUT2D eigenvalue weighted by atomic mass is 10.0. The molecule has 3 nitrogen and oxygen atoms in total. The van der Waals surface area contributed by atoms with E-state index in [-0.39, 0.29) is 0 Å². The molecule has 0 heterocycles. The molecule has 0 radical (unpaired) electrons. The zero-order valence-corrected chi connectivity index (χ0v) is 7.67. The van der Waals surface area contributed by atoms with Gasteiger partial charge in [-0.2, -0.15) is 0 Å². The van der Waals surface area contributed by atoms with Gasteiger partial charge in [-0.15, -0.1) is 0 Å². The highest BCUT2D eigenvalue weighted by atomic mass is 19.2. The van der Waals surface area contributed by atoms with Crippen molar-refractivity contribution in [3.05, 3.63) is 35.4 Å². The van der Waals surface area contributed by atoms with Gasteiger partial charge in [0.15, 0.2) is 11.6 Å². The Balaban J connectivity index is 3.00. The van der Waals surface area contributed by atoms with Gasteiger partial charge in [0.05, 0.1) is 12.1 Å². The molecule has 0 amide bonds. The van der Waals surface area contributed by atoms with Crippen LogP contribution in [0.4, 0.5) is 8.78 Å². The Morgan fingerprint density at radius 3 is 2.43 bits per heavy atom. The normalized spacial score (nSPS) is 15.2. The zero-order chi connectivity index (χ0) is 10.7. The summed E-state index contributed by atoms with van der Waals surface area (Å²) in [6, 6.07) is 2.77. The van der Waals surface area contributed by atoms with Gasteiger partial charge in [-0.05, 0) is 24.6 Å². The van der Waals surface area contributed by atoms with Crippen LogP contribution in [0.5, 0.6) is 0 Å². The molecule has 78 valence electrons. The Bertz CT molecular complexity index is 318. The number of halogens is 2. The number of benzene rings is 1. The number of hydrazine groups is 1. The number of hydrogen-bond acceptors (Lipinski definition) is 3. The van der Waals surface area contributed by atoms with Crippen molar-refractivity contribution < 1.29 is 13.9 Å². The highest BCUT2D eigenvalue weighted by molar-refractivity contribution is 5.21. The lowest BCUT2D eigenvalue weighted by Gasteiger charge is -2.19. The molecule has 0 fully saturated rings. The minimum atomic E-state index is -0.955. The van der Waals surface area contributed by atoms with Crippen molar-refractivity contribution in [3.63, 3.8) is 0 Å². The van der Waals surface area contributed by atoms with Crippen LogP contribution in [-0.2, 0) is 0 Å². The zero-order valence-electron chi connectivity index (χ0n) is 7.67. The summed E-state index contributed by atoms with van der Waals surface area (Å²) >= 11 is 0. The maximum atomic E-state index is 12.8. The Kier molecular flexibility index (Phi) is 3.51. The van der Waals surface area contributed by atoms with Gasteiger partial charge in [-0.1, -0.05) is 6.07 Å². The van der Waals surface area contributed by atoms with Gasteiger partial charge in [0, 0.05) is 0 Å². The molecule has 0 aromatic heterocycles. The van der Waals surface area contributed by atoms with Gasteiger partial charge >= 0.3 is 0 Å². The second kappa shape index (κ2) is 4.45. The molecule has 0 spiro atoms. The molecule has 0 saturated heterocycles. The van der Waals surface area contributed by atoms with Gasteiger partial charge in [0.1, 0.15) is 0 Å². The first kappa shape index (κ1) is 11.0. The van der Waals surface area contributed by atoms with Crippen molar-refractivity contribution in [2.45, 2.75) is 19.1 Å². The second-order valence-electron chi connectivity index (χ2n) is 3.06. The van der Waals surface area contributed by atoms with Crippen LogP contribution in [0.15, 0.2) is 18.2 Å². The molecule has 0 saturated carbocycles. The lowest BCUT2D eigenvalue weighted by Crippen LogP contribution is -2.35. The van der Waals surface area contributed by atoms with Crippen molar-refractivity contribution in [2.75, 3.05) is 0 Å². The fourth-order valence-electron chi connectivity index (χ4n) is 1.22. The average molecular weight is 202 g/mol. The van der Waals surface area contributed by atoms with Crippen LogP contribution in [0.3, 0.4) is 0 Å². The van der Waals surface area contributed by atoms with E-state index in [4.69, 9.17) is 5.84 Å². The molecular formula is C9H12F2N2O. The Hall–Kier alpha value is -1.04. The predicted octanol–water partition coefficient (Wildman–Crippen LogP) is 0.850. The van der Waals surface area contributed by atoms with Crippen molar-refractivity contribution in [1.29, 1.82) is 0 Å². The maximum Gasteiger partial charge on any atom is 0.159 e. The quantitative estimate of drug-likeness (QED) is 0.503. The van der Waals surface area contributed by atoms with E-state index in [1.807, 2.05) is 0 Å². The minimum absolute atomic E-state index is 0.404. The van der Waals surface area contributed by atoms with Crippen LogP contribution in [0.2, 0.25) is 0 Å². The van der Waals surface area contributed by atoms with Crippen molar-refractivity contribution >= 4 is 0 Å². The number of aliphatic hydroxyl groups is 1. The summed E-state index contributed by atoms with van der Waals surface area (Å²) in [5.41, 5.74) is 2.73. The third-order valence-electron chi connectivity index (χ3n) is 1.96. The first-order chi connectivity index (χ1) is 6.56. The van der Waals surface area contributed by atoms with Gasteiger partial charge in [-0.3, -0.25) is 11.3 Å². The standard InChI is InChI=1S/C9H12F2N2O/c1-5(14)9(13-12)6-2-3-7(10)8(11)4-6/h2-5,9,13-14H,12H2,1H3. The van der Waals surface area contributed by atoms with Crippen LogP contribution >= 0.6 is 0 Å². The van der Waals surface area contributed by atoms with Crippen LogP contribution in [0.25, 0.3) is 0 Å². The molecule has 5 heteroatoms. The van der Waals surface area contributed by atoms with Crippen molar-refractivity contribution in [3.8, 4) is 0 Å². The third-order valence-corrected chi connectivity index (χ3v) is 1.96. The molecule has 2 unspecified atom stereocenters. The highest BCUT2D eigenvalue weighted by Crippen LogP contribution is 2.18. The summed E-state index contributed by atoms with van der Waals surface area (Å²) in [6.45, 7) is 1.51. The maximum absolute atomic E-state index is 12.8. The summed E-state index contributed by atoms with van der Waals surface area (Å²) in [6.07, 6.45) is -0.787. The van der Waals surface area contributed by atoms with Crippen molar-refractivity contribution in [1.82, 2.24) is 5.43 Å². The summed E-state index contributed by atoms with van der Waals surface area (Å²) in [7, 11) is 0. The molecular weight excluding hydrogens is 190 g/mol.